The molecule has 0 atom stereocenters. The molecule has 0 radical (unpaired) electrons. The van der Waals surface area contributed by atoms with Crippen molar-refractivity contribution in [3.8, 4) is 0 Å². The van der Waals surface area contributed by atoms with E-state index in [-0.39, 0.29) is 5.69 Å². The van der Waals surface area contributed by atoms with Gasteiger partial charge in [-0.05, 0) is 36.8 Å². The molecule has 0 saturated heterocycles. The molecule has 0 saturated carbocycles. The summed E-state index contributed by atoms with van der Waals surface area (Å²) in [5.74, 6) is 0. The number of aryl methyl sites for hydroxylation is 1. The van der Waals surface area contributed by atoms with Crippen molar-refractivity contribution in [2.75, 3.05) is 0 Å². The van der Waals surface area contributed by atoms with E-state index >= 15 is 0 Å². The molecule has 2 N–H and O–H groups in total. The lowest BCUT2D eigenvalue weighted by Crippen LogP contribution is -2.12. The smallest absolute Gasteiger partial charge is 0.225 e. The highest BCUT2D eigenvalue weighted by atomic mass is 35.5. The van der Waals surface area contributed by atoms with Crippen molar-refractivity contribution in [1.82, 2.24) is 0 Å². The zero-order valence-corrected chi connectivity index (χ0v) is 16.0. The van der Waals surface area contributed by atoms with E-state index in [1.807, 2.05) is 0 Å². The summed E-state index contributed by atoms with van der Waals surface area (Å²) in [6.45, 7) is 1.68. The Morgan fingerprint density at radius 1 is 1.17 bits per heavy atom. The molecule has 128 valence electrons. The summed E-state index contributed by atoms with van der Waals surface area (Å²) in [6, 6.07) is 7.47. The van der Waals surface area contributed by atoms with Gasteiger partial charge in [0.15, 0.2) is 0 Å². The van der Waals surface area contributed by atoms with E-state index in [9.17, 15) is 16.8 Å². The van der Waals surface area contributed by atoms with Crippen molar-refractivity contribution in [2.24, 2.45) is 9.50 Å². The van der Waals surface area contributed by atoms with Gasteiger partial charge in [-0.3, -0.25) is 0 Å². The Morgan fingerprint density at radius 3 is 2.42 bits per heavy atom. The third kappa shape index (κ3) is 4.50. The zero-order valence-electron chi connectivity index (χ0n) is 12.0. The average Bonchev–Trinajstić information content (AvgIpc) is 2.44. The first kappa shape index (κ1) is 19.2. The summed E-state index contributed by atoms with van der Waals surface area (Å²) in [4.78, 5) is 0.430. The highest BCUT2D eigenvalue weighted by molar-refractivity contribution is 7.99. The van der Waals surface area contributed by atoms with E-state index in [1.165, 1.54) is 12.1 Å². The fourth-order valence-electron chi connectivity index (χ4n) is 1.84. The molecule has 0 fully saturated rings. The van der Waals surface area contributed by atoms with Crippen LogP contribution in [0.2, 0.25) is 10.0 Å². The number of halogens is 2. The molecule has 2 aromatic carbocycles. The number of hydrogen-bond donors (Lipinski definition) is 1. The van der Waals surface area contributed by atoms with Gasteiger partial charge < -0.3 is 0 Å². The molecule has 2 aromatic rings. The van der Waals surface area contributed by atoms with Crippen molar-refractivity contribution >= 4 is 61.2 Å². The molecule has 24 heavy (non-hydrogen) atoms. The van der Waals surface area contributed by atoms with Crippen LogP contribution in [0.5, 0.6) is 0 Å². The standard InChI is InChI=1S/C13H10Cl2N2O4S3/c1-7-2-5-11(24(16,20)21)12(17-23(18)19)13(7)22-10-6-8(14)3-4-9(10)15/h2-6H,1H3,(H2,16,20,21). The maximum atomic E-state index is 11.7. The molecule has 0 spiro atoms. The molecule has 0 heterocycles. The van der Waals surface area contributed by atoms with Crippen molar-refractivity contribution in [3.63, 3.8) is 0 Å². The van der Waals surface area contributed by atoms with Crippen LogP contribution in [-0.4, -0.2) is 16.8 Å². The maximum absolute atomic E-state index is 11.7. The van der Waals surface area contributed by atoms with Gasteiger partial charge in [-0.25, -0.2) is 13.6 Å². The predicted molar refractivity (Wildman–Crippen MR) is 94.1 cm³/mol. The van der Waals surface area contributed by atoms with Crippen molar-refractivity contribution in [3.05, 3.63) is 45.9 Å². The maximum Gasteiger partial charge on any atom is 0.316 e. The fraction of sp³-hybridized carbons (Fsp3) is 0.0769. The van der Waals surface area contributed by atoms with Gasteiger partial charge in [-0.1, -0.05) is 41.0 Å². The Kier molecular flexibility index (Phi) is 5.95. The lowest BCUT2D eigenvalue weighted by Gasteiger charge is -2.12. The second-order valence-electron chi connectivity index (χ2n) is 4.59. The van der Waals surface area contributed by atoms with Crippen LogP contribution in [0.4, 0.5) is 5.69 Å². The second-order valence-corrected chi connectivity index (χ2v) is 8.63. The third-order valence-electron chi connectivity index (χ3n) is 2.87. The third-order valence-corrected chi connectivity index (χ3v) is 6.10. The SMILES string of the molecule is Cc1ccc(S(N)(=O)=O)c(N=S(=O)=O)c1Sc1cc(Cl)ccc1Cl. The molecule has 0 unspecified atom stereocenters. The monoisotopic (exact) mass is 424 g/mol. The Hall–Kier alpha value is -1.10. The van der Waals surface area contributed by atoms with Crippen LogP contribution in [0.25, 0.3) is 0 Å². The summed E-state index contributed by atoms with van der Waals surface area (Å²) in [5.41, 5.74) is 0.347. The van der Waals surface area contributed by atoms with Crippen LogP contribution in [0.3, 0.4) is 0 Å². The van der Waals surface area contributed by atoms with Gasteiger partial charge in [-0.15, -0.1) is 4.36 Å². The molecule has 0 amide bonds. The molecular formula is C13H10Cl2N2O4S3. The van der Waals surface area contributed by atoms with Crippen LogP contribution in [0.1, 0.15) is 5.56 Å². The predicted octanol–water partition coefficient (Wildman–Crippen LogP) is 3.79. The van der Waals surface area contributed by atoms with E-state index < -0.39 is 25.4 Å². The van der Waals surface area contributed by atoms with Crippen LogP contribution < -0.4 is 5.14 Å². The van der Waals surface area contributed by atoms with Crippen molar-refractivity contribution in [2.45, 2.75) is 21.6 Å². The van der Waals surface area contributed by atoms with Gasteiger partial charge >= 0.3 is 10.5 Å². The molecule has 0 aliphatic rings. The van der Waals surface area contributed by atoms with Gasteiger partial charge in [0.25, 0.3) is 0 Å². The lowest BCUT2D eigenvalue weighted by molar-refractivity contribution is 0.598. The number of hydrogen-bond acceptors (Lipinski definition) is 6. The van der Waals surface area contributed by atoms with Gasteiger partial charge in [0, 0.05) is 14.8 Å². The average molecular weight is 425 g/mol. The Balaban J connectivity index is 2.77. The number of rotatable bonds is 4. The van der Waals surface area contributed by atoms with Crippen molar-refractivity contribution < 1.29 is 16.8 Å². The summed E-state index contributed by atoms with van der Waals surface area (Å²) in [6.07, 6.45) is 0. The van der Waals surface area contributed by atoms with Crippen LogP contribution >= 0.6 is 35.0 Å². The second kappa shape index (κ2) is 7.42. The molecule has 11 heteroatoms. The van der Waals surface area contributed by atoms with Gasteiger partial charge in [-0.2, -0.15) is 8.42 Å². The minimum absolute atomic E-state index is 0.258. The number of primary sulfonamides is 1. The summed E-state index contributed by atoms with van der Waals surface area (Å²) >= 11 is 13.1. The Labute approximate surface area is 154 Å². The Bertz CT molecular complexity index is 1040. The van der Waals surface area contributed by atoms with E-state index in [0.29, 0.717) is 25.4 Å². The highest BCUT2D eigenvalue weighted by Crippen LogP contribution is 2.43. The number of sulfonamides is 1. The van der Waals surface area contributed by atoms with E-state index in [4.69, 9.17) is 28.3 Å². The van der Waals surface area contributed by atoms with Crippen LogP contribution in [-0.2, 0) is 20.5 Å². The van der Waals surface area contributed by atoms with Gasteiger partial charge in [0.1, 0.15) is 10.6 Å². The molecule has 6 nitrogen and oxygen atoms in total. The first-order valence-corrected chi connectivity index (χ1v) is 10.3. The van der Waals surface area contributed by atoms with E-state index in [0.717, 1.165) is 11.8 Å². The summed E-state index contributed by atoms with van der Waals surface area (Å²) < 4.78 is 48.9. The minimum atomic E-state index is -4.17. The largest absolute Gasteiger partial charge is 0.316 e. The van der Waals surface area contributed by atoms with Crippen LogP contribution in [0, 0.1) is 6.92 Å². The first-order chi connectivity index (χ1) is 11.1. The number of nitrogens with two attached hydrogens (primary N) is 1. The highest BCUT2D eigenvalue weighted by Gasteiger charge is 2.21. The van der Waals surface area contributed by atoms with Crippen LogP contribution in [0.15, 0.2) is 49.4 Å². The molecule has 0 bridgehead atoms. The molecule has 2 rings (SSSR count). The topological polar surface area (TPSA) is 107 Å². The normalized spacial score (nSPS) is 11.3. The molecular weight excluding hydrogens is 415 g/mol. The number of nitrogens with zero attached hydrogens (tertiary/aromatic N) is 1. The number of benzene rings is 2. The fourth-order valence-corrected chi connectivity index (χ4v) is 4.56. The van der Waals surface area contributed by atoms with Gasteiger partial charge in [0.05, 0.1) is 5.02 Å². The van der Waals surface area contributed by atoms with E-state index in [1.54, 1.807) is 25.1 Å². The minimum Gasteiger partial charge on any atom is -0.225 e. The zero-order chi connectivity index (χ0) is 18.1. The molecule has 0 aliphatic carbocycles. The Morgan fingerprint density at radius 2 is 1.83 bits per heavy atom. The summed E-state index contributed by atoms with van der Waals surface area (Å²) in [7, 11) is -7.03. The summed E-state index contributed by atoms with van der Waals surface area (Å²) in [5, 5.41) is 5.95. The molecule has 0 aromatic heterocycles. The van der Waals surface area contributed by atoms with E-state index in [2.05, 4.69) is 4.36 Å². The quantitative estimate of drug-likeness (QED) is 0.802. The molecule has 0 aliphatic heterocycles. The van der Waals surface area contributed by atoms with Gasteiger partial charge in [0.2, 0.25) is 10.0 Å². The lowest BCUT2D eigenvalue weighted by atomic mass is 10.2. The van der Waals surface area contributed by atoms with Crippen molar-refractivity contribution in [1.29, 1.82) is 0 Å². The first-order valence-electron chi connectivity index (χ1n) is 6.20.